The van der Waals surface area contributed by atoms with Gasteiger partial charge in [-0.15, -0.1) is 0 Å². The molecule has 3 heteroatoms. The molecule has 0 amide bonds. The van der Waals surface area contributed by atoms with Crippen LogP contribution in [0.15, 0.2) is 24.3 Å². The molecule has 0 spiro atoms. The highest BCUT2D eigenvalue weighted by Gasteiger charge is 2.08. The zero-order valence-corrected chi connectivity index (χ0v) is 11.8. The molecule has 0 aromatic heterocycles. The maximum atomic E-state index is 9.23. The summed E-state index contributed by atoms with van der Waals surface area (Å²) in [5, 5.41) is 12.4. The number of rotatable bonds is 8. The molecule has 0 saturated carbocycles. The Kier molecular flexibility index (Phi) is 6.76. The molecule has 1 aromatic carbocycles. The van der Waals surface area contributed by atoms with Crippen molar-refractivity contribution in [2.75, 3.05) is 27.2 Å². The summed E-state index contributed by atoms with van der Waals surface area (Å²) < 4.78 is 0. The predicted molar refractivity (Wildman–Crippen MR) is 77.1 cm³/mol. The number of aryl methyl sites for hydroxylation is 1. The van der Waals surface area contributed by atoms with Gasteiger partial charge in [0.2, 0.25) is 0 Å². The number of nitrogens with zero attached hydrogens (tertiary/aromatic N) is 1. The van der Waals surface area contributed by atoms with Crippen LogP contribution in [-0.2, 0) is 6.42 Å². The molecule has 102 valence electrons. The van der Waals surface area contributed by atoms with Crippen LogP contribution in [0.1, 0.15) is 25.3 Å². The van der Waals surface area contributed by atoms with Crippen molar-refractivity contribution in [2.45, 2.75) is 32.2 Å². The number of phenols is 1. The maximum absolute atomic E-state index is 9.23. The Bertz CT molecular complexity index is 324. The van der Waals surface area contributed by atoms with E-state index in [0.717, 1.165) is 25.9 Å². The highest BCUT2D eigenvalue weighted by molar-refractivity contribution is 5.25. The molecular formula is C15H26N2O. The quantitative estimate of drug-likeness (QED) is 0.695. The van der Waals surface area contributed by atoms with Gasteiger partial charge in [-0.3, -0.25) is 0 Å². The predicted octanol–water partition coefficient (Wildman–Crippen LogP) is 2.25. The fraction of sp³-hybridized carbons (Fsp3) is 0.600. The Morgan fingerprint density at radius 1 is 1.28 bits per heavy atom. The lowest BCUT2D eigenvalue weighted by atomic mass is 10.1. The molecule has 1 aromatic rings. The van der Waals surface area contributed by atoms with E-state index in [1.54, 1.807) is 12.1 Å². The molecule has 1 unspecified atom stereocenters. The summed E-state index contributed by atoms with van der Waals surface area (Å²) in [5.74, 6) is 0.344. The van der Waals surface area contributed by atoms with Crippen molar-refractivity contribution in [3.05, 3.63) is 29.8 Å². The molecular weight excluding hydrogens is 224 g/mol. The molecule has 1 rings (SSSR count). The molecule has 0 fully saturated rings. The van der Waals surface area contributed by atoms with Crippen LogP contribution in [0.5, 0.6) is 5.75 Å². The van der Waals surface area contributed by atoms with Crippen LogP contribution in [0, 0.1) is 0 Å². The molecule has 0 heterocycles. The van der Waals surface area contributed by atoms with Crippen molar-refractivity contribution in [3.63, 3.8) is 0 Å². The van der Waals surface area contributed by atoms with Crippen LogP contribution in [0.2, 0.25) is 0 Å². The smallest absolute Gasteiger partial charge is 0.115 e. The van der Waals surface area contributed by atoms with Gasteiger partial charge in [-0.1, -0.05) is 12.1 Å². The molecule has 2 N–H and O–H groups in total. The molecule has 0 radical (unpaired) electrons. The highest BCUT2D eigenvalue weighted by Crippen LogP contribution is 2.13. The third-order valence-electron chi connectivity index (χ3n) is 3.48. The molecule has 0 aliphatic rings. The summed E-state index contributed by atoms with van der Waals surface area (Å²) in [6.45, 7) is 4.49. The van der Waals surface area contributed by atoms with Gasteiger partial charge in [0, 0.05) is 6.04 Å². The lowest BCUT2D eigenvalue weighted by Gasteiger charge is -2.24. The van der Waals surface area contributed by atoms with Crippen molar-refractivity contribution in [2.24, 2.45) is 0 Å². The van der Waals surface area contributed by atoms with E-state index in [-0.39, 0.29) is 0 Å². The molecule has 0 aliphatic heterocycles. The standard InChI is InChI=1S/C15H26N2O/c1-13(17(3)12-4-11-16-2)5-6-14-7-9-15(18)10-8-14/h7-10,13,16,18H,4-6,11-12H2,1-3H3. The first-order valence-corrected chi connectivity index (χ1v) is 6.76. The van der Waals surface area contributed by atoms with Gasteiger partial charge in [-0.05, 0) is 71.1 Å². The second-order valence-corrected chi connectivity index (χ2v) is 4.99. The van der Waals surface area contributed by atoms with E-state index in [4.69, 9.17) is 0 Å². The van der Waals surface area contributed by atoms with Crippen LogP contribution in [0.25, 0.3) is 0 Å². The van der Waals surface area contributed by atoms with E-state index >= 15 is 0 Å². The zero-order valence-electron chi connectivity index (χ0n) is 11.8. The van der Waals surface area contributed by atoms with Gasteiger partial charge >= 0.3 is 0 Å². The number of aromatic hydroxyl groups is 1. The summed E-state index contributed by atoms with van der Waals surface area (Å²) in [7, 11) is 4.19. The highest BCUT2D eigenvalue weighted by atomic mass is 16.3. The zero-order chi connectivity index (χ0) is 13.4. The number of hydrogen-bond donors (Lipinski definition) is 2. The normalized spacial score (nSPS) is 12.9. The largest absolute Gasteiger partial charge is 0.508 e. The summed E-state index contributed by atoms with van der Waals surface area (Å²) in [5.41, 5.74) is 1.29. The van der Waals surface area contributed by atoms with Gasteiger partial charge < -0.3 is 15.3 Å². The lowest BCUT2D eigenvalue weighted by molar-refractivity contribution is 0.243. The first-order valence-electron chi connectivity index (χ1n) is 6.76. The third kappa shape index (κ3) is 5.52. The fourth-order valence-corrected chi connectivity index (χ4v) is 1.98. The van der Waals surface area contributed by atoms with Crippen molar-refractivity contribution in [1.82, 2.24) is 10.2 Å². The molecule has 0 saturated heterocycles. The Balaban J connectivity index is 2.27. The Hall–Kier alpha value is -1.06. The first-order chi connectivity index (χ1) is 8.63. The van der Waals surface area contributed by atoms with Crippen LogP contribution in [0.4, 0.5) is 0 Å². The first kappa shape index (κ1) is 15.0. The molecule has 0 bridgehead atoms. The minimum absolute atomic E-state index is 0.344. The van der Waals surface area contributed by atoms with Crippen molar-refractivity contribution in [3.8, 4) is 5.75 Å². The van der Waals surface area contributed by atoms with E-state index < -0.39 is 0 Å². The van der Waals surface area contributed by atoms with Crippen molar-refractivity contribution >= 4 is 0 Å². The minimum atomic E-state index is 0.344. The van der Waals surface area contributed by atoms with E-state index in [0.29, 0.717) is 11.8 Å². The van der Waals surface area contributed by atoms with Crippen LogP contribution in [-0.4, -0.2) is 43.2 Å². The summed E-state index contributed by atoms with van der Waals surface area (Å²) in [6, 6.07) is 8.12. The average molecular weight is 250 g/mol. The fourth-order valence-electron chi connectivity index (χ4n) is 1.98. The Morgan fingerprint density at radius 3 is 2.56 bits per heavy atom. The second kappa shape index (κ2) is 8.11. The number of nitrogens with one attached hydrogen (secondary N) is 1. The van der Waals surface area contributed by atoms with Crippen LogP contribution >= 0.6 is 0 Å². The summed E-state index contributed by atoms with van der Waals surface area (Å²) in [4.78, 5) is 2.41. The van der Waals surface area contributed by atoms with Crippen molar-refractivity contribution < 1.29 is 5.11 Å². The molecule has 0 aliphatic carbocycles. The Morgan fingerprint density at radius 2 is 1.94 bits per heavy atom. The second-order valence-electron chi connectivity index (χ2n) is 4.99. The van der Waals surface area contributed by atoms with Crippen LogP contribution < -0.4 is 5.32 Å². The van der Waals surface area contributed by atoms with Crippen molar-refractivity contribution in [1.29, 1.82) is 0 Å². The molecule has 3 nitrogen and oxygen atoms in total. The number of benzene rings is 1. The maximum Gasteiger partial charge on any atom is 0.115 e. The van der Waals surface area contributed by atoms with Gasteiger partial charge in [-0.2, -0.15) is 0 Å². The summed E-state index contributed by atoms with van der Waals surface area (Å²) >= 11 is 0. The van der Waals surface area contributed by atoms with E-state index in [2.05, 4.69) is 24.2 Å². The third-order valence-corrected chi connectivity index (χ3v) is 3.48. The number of phenolic OH excluding ortho intramolecular Hbond substituents is 1. The topological polar surface area (TPSA) is 35.5 Å². The number of hydrogen-bond acceptors (Lipinski definition) is 3. The van der Waals surface area contributed by atoms with Gasteiger partial charge in [0.1, 0.15) is 5.75 Å². The van der Waals surface area contributed by atoms with Crippen LogP contribution in [0.3, 0.4) is 0 Å². The van der Waals surface area contributed by atoms with Gasteiger partial charge in [-0.25, -0.2) is 0 Å². The monoisotopic (exact) mass is 250 g/mol. The summed E-state index contributed by atoms with van der Waals surface area (Å²) in [6.07, 6.45) is 3.41. The van der Waals surface area contributed by atoms with E-state index in [1.807, 2.05) is 19.2 Å². The van der Waals surface area contributed by atoms with Gasteiger partial charge in [0.25, 0.3) is 0 Å². The Labute approximate surface area is 111 Å². The van der Waals surface area contributed by atoms with E-state index in [9.17, 15) is 5.11 Å². The molecule has 1 atom stereocenters. The minimum Gasteiger partial charge on any atom is -0.508 e. The van der Waals surface area contributed by atoms with E-state index in [1.165, 1.54) is 12.0 Å². The van der Waals surface area contributed by atoms with Gasteiger partial charge in [0.05, 0.1) is 0 Å². The lowest BCUT2D eigenvalue weighted by Crippen LogP contribution is -2.31. The van der Waals surface area contributed by atoms with Gasteiger partial charge in [0.15, 0.2) is 0 Å². The molecule has 18 heavy (non-hydrogen) atoms. The SMILES string of the molecule is CNCCCN(C)C(C)CCc1ccc(O)cc1. The average Bonchev–Trinajstić information content (AvgIpc) is 2.38.